The average Bonchev–Trinajstić information content (AvgIpc) is 3.37. The summed E-state index contributed by atoms with van der Waals surface area (Å²) in [6.45, 7) is 4.94. The molecule has 152 valence electrons. The number of likely N-dealkylation sites (tertiary alicyclic amines) is 1. The van der Waals surface area contributed by atoms with E-state index in [1.807, 2.05) is 18.1 Å². The van der Waals surface area contributed by atoms with Crippen molar-refractivity contribution in [3.05, 3.63) is 52.9 Å². The van der Waals surface area contributed by atoms with Crippen molar-refractivity contribution in [2.45, 2.75) is 38.8 Å². The van der Waals surface area contributed by atoms with Gasteiger partial charge in [-0.3, -0.25) is 4.79 Å². The minimum atomic E-state index is -0.162. The molecule has 1 saturated heterocycles. The molecule has 0 bridgehead atoms. The Hall–Kier alpha value is -2.18. The highest BCUT2D eigenvalue weighted by atomic mass is 79.9. The number of fused-ring (bicyclic) bond motifs is 1. The van der Waals surface area contributed by atoms with Crippen molar-refractivity contribution in [3.8, 4) is 11.3 Å². The third kappa shape index (κ3) is 3.96. The number of rotatable bonds is 5. The van der Waals surface area contributed by atoms with Crippen LogP contribution >= 0.6 is 15.9 Å². The van der Waals surface area contributed by atoms with Gasteiger partial charge in [-0.15, -0.1) is 0 Å². The lowest BCUT2D eigenvalue weighted by Gasteiger charge is -2.29. The first-order valence-electron chi connectivity index (χ1n) is 10.2. The van der Waals surface area contributed by atoms with Crippen molar-refractivity contribution >= 4 is 32.6 Å². The fraction of sp³-hybridized carbons (Fsp3) is 0.391. The number of halogens is 1. The lowest BCUT2D eigenvalue weighted by molar-refractivity contribution is -0.135. The zero-order valence-corrected chi connectivity index (χ0v) is 18.7. The van der Waals surface area contributed by atoms with Gasteiger partial charge >= 0.3 is 0 Å². The molecule has 0 spiro atoms. The number of nitrogens with one attached hydrogen (secondary N) is 2. The Balaban J connectivity index is 1.60. The van der Waals surface area contributed by atoms with Crippen molar-refractivity contribution in [2.24, 2.45) is 5.92 Å². The summed E-state index contributed by atoms with van der Waals surface area (Å²) < 4.78 is 1.08. The standard InChI is InChI=1S/C23H27BrN4O/c1-14(2)21(25-3)23(29)28-10-4-5-20(28)22-26-13-19(27-22)17-7-6-16-12-18(24)9-8-15(16)11-17/h6-9,11-14,20-21,25H,4-5,10H2,1-3H3,(H,26,27). The third-order valence-electron chi connectivity index (χ3n) is 5.80. The predicted octanol–water partition coefficient (Wildman–Crippen LogP) is 4.90. The van der Waals surface area contributed by atoms with Gasteiger partial charge in [-0.05, 0) is 54.8 Å². The van der Waals surface area contributed by atoms with Crippen LogP contribution in [0.5, 0.6) is 0 Å². The van der Waals surface area contributed by atoms with Crippen molar-refractivity contribution < 1.29 is 4.79 Å². The highest BCUT2D eigenvalue weighted by Gasteiger charge is 2.36. The number of aromatic amines is 1. The Morgan fingerprint density at radius 2 is 2.00 bits per heavy atom. The Labute approximate surface area is 180 Å². The summed E-state index contributed by atoms with van der Waals surface area (Å²) >= 11 is 3.53. The number of nitrogens with zero attached hydrogens (tertiary/aromatic N) is 2. The molecule has 2 N–H and O–H groups in total. The molecule has 0 saturated carbocycles. The monoisotopic (exact) mass is 454 g/mol. The molecule has 3 aromatic rings. The molecule has 6 heteroatoms. The molecular formula is C23H27BrN4O. The van der Waals surface area contributed by atoms with Gasteiger partial charge in [0, 0.05) is 16.6 Å². The molecule has 2 atom stereocenters. The molecule has 4 rings (SSSR count). The second-order valence-corrected chi connectivity index (χ2v) is 9.00. The average molecular weight is 455 g/mol. The summed E-state index contributed by atoms with van der Waals surface area (Å²) in [6, 6.07) is 12.5. The normalized spacial score (nSPS) is 18.0. The first kappa shape index (κ1) is 20.1. The number of carbonyl (C=O) groups is 1. The van der Waals surface area contributed by atoms with E-state index >= 15 is 0 Å². The lowest BCUT2D eigenvalue weighted by atomic mass is 10.0. The van der Waals surface area contributed by atoms with Crippen LogP contribution in [0.1, 0.15) is 38.6 Å². The summed E-state index contributed by atoms with van der Waals surface area (Å²) in [5.41, 5.74) is 2.09. The van der Waals surface area contributed by atoms with Crippen LogP contribution in [0.4, 0.5) is 0 Å². The zero-order chi connectivity index (χ0) is 20.5. The topological polar surface area (TPSA) is 61.0 Å². The van der Waals surface area contributed by atoms with Crippen LogP contribution in [-0.4, -0.2) is 40.4 Å². The van der Waals surface area contributed by atoms with Gasteiger partial charge in [-0.1, -0.05) is 48.0 Å². The van der Waals surface area contributed by atoms with Gasteiger partial charge in [0.05, 0.1) is 24.0 Å². The fourth-order valence-electron chi connectivity index (χ4n) is 4.27. The van der Waals surface area contributed by atoms with Crippen LogP contribution in [0.3, 0.4) is 0 Å². The van der Waals surface area contributed by atoms with E-state index in [1.165, 1.54) is 10.8 Å². The molecule has 5 nitrogen and oxygen atoms in total. The molecule has 1 aromatic heterocycles. The molecule has 29 heavy (non-hydrogen) atoms. The highest BCUT2D eigenvalue weighted by molar-refractivity contribution is 9.10. The van der Waals surface area contributed by atoms with Crippen LogP contribution in [-0.2, 0) is 4.79 Å². The summed E-state index contributed by atoms with van der Waals surface area (Å²) in [7, 11) is 1.86. The van der Waals surface area contributed by atoms with E-state index in [4.69, 9.17) is 0 Å². The number of hydrogen-bond acceptors (Lipinski definition) is 3. The number of carbonyl (C=O) groups excluding carboxylic acids is 1. The number of benzene rings is 2. The fourth-order valence-corrected chi connectivity index (χ4v) is 4.65. The zero-order valence-electron chi connectivity index (χ0n) is 17.1. The van der Waals surface area contributed by atoms with Gasteiger partial charge in [-0.25, -0.2) is 4.98 Å². The van der Waals surface area contributed by atoms with E-state index in [2.05, 4.69) is 81.5 Å². The number of amides is 1. The summed E-state index contributed by atoms with van der Waals surface area (Å²) in [4.78, 5) is 23.2. The number of imidazole rings is 1. The molecule has 1 amide bonds. The van der Waals surface area contributed by atoms with E-state index in [1.54, 1.807) is 0 Å². The van der Waals surface area contributed by atoms with Crippen LogP contribution in [0, 0.1) is 5.92 Å². The molecular weight excluding hydrogens is 428 g/mol. The smallest absolute Gasteiger partial charge is 0.240 e. The molecule has 0 radical (unpaired) electrons. The molecule has 2 heterocycles. The van der Waals surface area contributed by atoms with Gasteiger partial charge in [0.15, 0.2) is 0 Å². The van der Waals surface area contributed by atoms with Crippen LogP contribution < -0.4 is 5.32 Å². The molecule has 1 aliphatic heterocycles. The summed E-state index contributed by atoms with van der Waals surface area (Å²) in [6.07, 6.45) is 3.83. The molecule has 1 fully saturated rings. The second kappa shape index (κ2) is 8.28. The molecule has 1 aliphatic rings. The minimum absolute atomic E-state index is 0.0160. The summed E-state index contributed by atoms with van der Waals surface area (Å²) in [5.74, 6) is 1.29. The maximum Gasteiger partial charge on any atom is 0.240 e. The quantitative estimate of drug-likeness (QED) is 0.576. The maximum atomic E-state index is 13.1. The van der Waals surface area contributed by atoms with Crippen molar-refractivity contribution in [1.29, 1.82) is 0 Å². The number of aromatic nitrogens is 2. The van der Waals surface area contributed by atoms with E-state index in [-0.39, 0.29) is 23.9 Å². The van der Waals surface area contributed by atoms with Crippen molar-refractivity contribution in [2.75, 3.05) is 13.6 Å². The Bertz CT molecular complexity index is 1030. The van der Waals surface area contributed by atoms with Gasteiger partial charge in [-0.2, -0.15) is 0 Å². The van der Waals surface area contributed by atoms with Crippen LogP contribution in [0.2, 0.25) is 0 Å². The predicted molar refractivity (Wildman–Crippen MR) is 121 cm³/mol. The molecule has 2 unspecified atom stereocenters. The van der Waals surface area contributed by atoms with E-state index in [0.29, 0.717) is 0 Å². The minimum Gasteiger partial charge on any atom is -0.340 e. The molecule has 2 aromatic carbocycles. The number of hydrogen-bond donors (Lipinski definition) is 2. The Kier molecular flexibility index (Phi) is 5.74. The first-order valence-corrected chi connectivity index (χ1v) is 11.0. The Morgan fingerprint density at radius 1 is 1.24 bits per heavy atom. The molecule has 0 aliphatic carbocycles. The van der Waals surface area contributed by atoms with Gasteiger partial charge in [0.1, 0.15) is 5.82 Å². The second-order valence-electron chi connectivity index (χ2n) is 8.09. The van der Waals surface area contributed by atoms with Crippen LogP contribution in [0.25, 0.3) is 22.0 Å². The lowest BCUT2D eigenvalue weighted by Crippen LogP contribution is -2.47. The number of H-pyrrole nitrogens is 1. The van der Waals surface area contributed by atoms with Crippen molar-refractivity contribution in [3.63, 3.8) is 0 Å². The van der Waals surface area contributed by atoms with E-state index in [0.717, 1.165) is 40.9 Å². The largest absolute Gasteiger partial charge is 0.340 e. The van der Waals surface area contributed by atoms with Crippen LogP contribution in [0.15, 0.2) is 47.1 Å². The Morgan fingerprint density at radius 3 is 2.76 bits per heavy atom. The van der Waals surface area contributed by atoms with E-state index < -0.39 is 0 Å². The SMILES string of the molecule is CNC(C(=O)N1CCCC1c1ncc(-c2ccc3cc(Br)ccc3c2)[nH]1)C(C)C. The maximum absolute atomic E-state index is 13.1. The van der Waals surface area contributed by atoms with Gasteiger partial charge in [0.2, 0.25) is 5.91 Å². The third-order valence-corrected chi connectivity index (χ3v) is 6.30. The van der Waals surface area contributed by atoms with E-state index in [9.17, 15) is 4.79 Å². The van der Waals surface area contributed by atoms with Gasteiger partial charge < -0.3 is 15.2 Å². The number of likely N-dealkylation sites (N-methyl/N-ethyl adjacent to an activating group) is 1. The first-order chi connectivity index (χ1) is 14.0. The van der Waals surface area contributed by atoms with Crippen molar-refractivity contribution in [1.82, 2.24) is 20.2 Å². The highest BCUT2D eigenvalue weighted by Crippen LogP contribution is 2.33. The summed E-state index contributed by atoms with van der Waals surface area (Å²) in [5, 5.41) is 5.56. The van der Waals surface area contributed by atoms with Gasteiger partial charge in [0.25, 0.3) is 0 Å².